The standard InChI is InChI=1S/C19H19N5O3.C2H6/c1-4-8-24-15(10-20-16(24)5-2)19(26)21-14-9-13(7-6-12(14)3)18-22-17(11-25)27-23-18;1-2/h4-10,25H,2,11H2,1,3H3,(H,21,26);1-2H3/b8-4-;. The summed E-state index contributed by atoms with van der Waals surface area (Å²) >= 11 is 0. The minimum Gasteiger partial charge on any atom is -0.387 e. The van der Waals surface area contributed by atoms with Crippen LogP contribution in [-0.4, -0.2) is 30.7 Å². The van der Waals surface area contributed by atoms with Crippen LogP contribution in [0.2, 0.25) is 0 Å². The quantitative estimate of drug-likeness (QED) is 0.649. The van der Waals surface area contributed by atoms with E-state index in [0.717, 1.165) is 5.56 Å². The van der Waals surface area contributed by atoms with Crippen molar-refractivity contribution in [2.75, 3.05) is 5.32 Å². The number of aromatic nitrogens is 4. The van der Waals surface area contributed by atoms with E-state index in [2.05, 4.69) is 27.0 Å². The summed E-state index contributed by atoms with van der Waals surface area (Å²) in [5.41, 5.74) is 2.53. The molecule has 0 aliphatic carbocycles. The fourth-order valence-corrected chi connectivity index (χ4v) is 2.52. The number of aryl methyl sites for hydroxylation is 1. The number of imidazole rings is 1. The predicted molar refractivity (Wildman–Crippen MR) is 113 cm³/mol. The van der Waals surface area contributed by atoms with Crippen LogP contribution in [0.15, 0.2) is 41.6 Å². The number of anilines is 1. The summed E-state index contributed by atoms with van der Waals surface area (Å²) in [5, 5.41) is 15.8. The Labute approximate surface area is 169 Å². The van der Waals surface area contributed by atoms with E-state index in [1.165, 1.54) is 6.20 Å². The smallest absolute Gasteiger partial charge is 0.274 e. The van der Waals surface area contributed by atoms with Crippen LogP contribution in [0.25, 0.3) is 23.7 Å². The Morgan fingerprint density at radius 2 is 2.14 bits per heavy atom. The van der Waals surface area contributed by atoms with Gasteiger partial charge in [-0.05, 0) is 31.6 Å². The van der Waals surface area contributed by atoms with Crippen LogP contribution in [0.3, 0.4) is 0 Å². The number of nitrogens with zero attached hydrogens (tertiary/aromatic N) is 4. The van der Waals surface area contributed by atoms with E-state index < -0.39 is 0 Å². The molecule has 8 heteroatoms. The molecule has 0 radical (unpaired) electrons. The van der Waals surface area contributed by atoms with E-state index in [1.807, 2.05) is 45.9 Å². The second-order valence-electron chi connectivity index (χ2n) is 5.71. The molecule has 0 saturated heterocycles. The van der Waals surface area contributed by atoms with Crippen molar-refractivity contribution in [3.05, 3.63) is 60.0 Å². The van der Waals surface area contributed by atoms with Crippen molar-refractivity contribution in [1.29, 1.82) is 0 Å². The second-order valence-corrected chi connectivity index (χ2v) is 5.71. The van der Waals surface area contributed by atoms with Crippen molar-refractivity contribution in [1.82, 2.24) is 19.7 Å². The topological polar surface area (TPSA) is 106 Å². The number of benzene rings is 1. The van der Waals surface area contributed by atoms with Crippen molar-refractivity contribution >= 4 is 23.9 Å². The highest BCUT2D eigenvalue weighted by Gasteiger charge is 2.16. The molecule has 0 aliphatic heterocycles. The van der Waals surface area contributed by atoms with Crippen LogP contribution in [0.1, 0.15) is 48.5 Å². The highest BCUT2D eigenvalue weighted by molar-refractivity contribution is 6.04. The SMILES string of the molecule is C=Cc1ncc(C(=O)Nc2cc(-c3noc(CO)n3)ccc2C)n1/C=C\C.CC. The summed E-state index contributed by atoms with van der Waals surface area (Å²) in [7, 11) is 0. The van der Waals surface area contributed by atoms with Gasteiger partial charge in [0.2, 0.25) is 5.82 Å². The van der Waals surface area contributed by atoms with Crippen molar-refractivity contribution in [3.8, 4) is 11.4 Å². The Hall–Kier alpha value is -3.52. The third-order valence-corrected chi connectivity index (χ3v) is 3.89. The molecule has 2 N–H and O–H groups in total. The largest absolute Gasteiger partial charge is 0.387 e. The molecule has 0 saturated carbocycles. The van der Waals surface area contributed by atoms with E-state index in [1.54, 1.807) is 22.9 Å². The van der Waals surface area contributed by atoms with Gasteiger partial charge in [0, 0.05) is 17.5 Å². The Kier molecular flexibility index (Phi) is 7.62. The number of rotatable bonds is 6. The average Bonchev–Trinajstić information content (AvgIpc) is 3.38. The third kappa shape index (κ3) is 4.85. The molecule has 0 fully saturated rings. The van der Waals surface area contributed by atoms with Gasteiger partial charge < -0.3 is 14.9 Å². The number of nitrogens with one attached hydrogen (secondary N) is 1. The zero-order valence-electron chi connectivity index (χ0n) is 17.0. The molecule has 152 valence electrons. The average molecular weight is 395 g/mol. The highest BCUT2D eigenvalue weighted by Crippen LogP contribution is 2.24. The van der Waals surface area contributed by atoms with Gasteiger partial charge in [-0.3, -0.25) is 9.36 Å². The first-order chi connectivity index (χ1) is 14.1. The zero-order chi connectivity index (χ0) is 21.4. The van der Waals surface area contributed by atoms with Gasteiger partial charge in [0.05, 0.1) is 6.20 Å². The molecular weight excluding hydrogens is 370 g/mol. The summed E-state index contributed by atoms with van der Waals surface area (Å²) < 4.78 is 6.58. The fourth-order valence-electron chi connectivity index (χ4n) is 2.52. The lowest BCUT2D eigenvalue weighted by Gasteiger charge is -2.10. The monoisotopic (exact) mass is 395 g/mol. The predicted octanol–water partition coefficient (Wildman–Crippen LogP) is 4.15. The van der Waals surface area contributed by atoms with Crippen molar-refractivity contribution in [3.63, 3.8) is 0 Å². The Bertz CT molecular complexity index is 1020. The summed E-state index contributed by atoms with van der Waals surface area (Å²) in [6.45, 7) is 11.1. The summed E-state index contributed by atoms with van der Waals surface area (Å²) in [5.74, 6) is 0.732. The number of carbonyl (C=O) groups is 1. The normalized spacial score (nSPS) is 10.5. The number of hydrogen-bond acceptors (Lipinski definition) is 6. The third-order valence-electron chi connectivity index (χ3n) is 3.89. The Morgan fingerprint density at radius 3 is 2.76 bits per heavy atom. The Morgan fingerprint density at radius 1 is 1.38 bits per heavy atom. The van der Waals surface area contributed by atoms with Crippen LogP contribution < -0.4 is 5.32 Å². The fraction of sp³-hybridized carbons (Fsp3) is 0.238. The molecular formula is C21H25N5O3. The molecule has 0 atom stereocenters. The van der Waals surface area contributed by atoms with Crippen LogP contribution >= 0.6 is 0 Å². The van der Waals surface area contributed by atoms with Gasteiger partial charge >= 0.3 is 0 Å². The van der Waals surface area contributed by atoms with E-state index in [0.29, 0.717) is 28.6 Å². The number of allylic oxidation sites excluding steroid dienone is 1. The molecule has 2 heterocycles. The van der Waals surface area contributed by atoms with Gasteiger partial charge in [-0.1, -0.05) is 43.8 Å². The molecule has 3 aromatic rings. The highest BCUT2D eigenvalue weighted by atomic mass is 16.5. The maximum Gasteiger partial charge on any atom is 0.274 e. The van der Waals surface area contributed by atoms with E-state index >= 15 is 0 Å². The number of carbonyl (C=O) groups excluding carboxylic acids is 1. The summed E-state index contributed by atoms with van der Waals surface area (Å²) in [6.07, 6.45) is 6.64. The second kappa shape index (κ2) is 10.1. The van der Waals surface area contributed by atoms with Gasteiger partial charge in [-0.2, -0.15) is 4.98 Å². The minimum atomic E-state index is -0.330. The maximum absolute atomic E-state index is 12.8. The minimum absolute atomic E-state index is 0.128. The molecule has 1 amide bonds. The van der Waals surface area contributed by atoms with Gasteiger partial charge in [-0.25, -0.2) is 4.98 Å². The van der Waals surface area contributed by atoms with Crippen LogP contribution in [0.5, 0.6) is 0 Å². The van der Waals surface area contributed by atoms with Gasteiger partial charge in [0.15, 0.2) is 0 Å². The molecule has 0 aliphatic rings. The summed E-state index contributed by atoms with van der Waals surface area (Å²) in [6, 6.07) is 5.42. The lowest BCUT2D eigenvalue weighted by molar-refractivity contribution is 0.102. The molecule has 3 rings (SSSR count). The molecule has 29 heavy (non-hydrogen) atoms. The van der Waals surface area contributed by atoms with Gasteiger partial charge in [0.25, 0.3) is 11.8 Å². The molecule has 2 aromatic heterocycles. The number of aliphatic hydroxyl groups excluding tert-OH is 1. The van der Waals surface area contributed by atoms with Crippen molar-refractivity contribution in [2.45, 2.75) is 34.3 Å². The van der Waals surface area contributed by atoms with E-state index in [4.69, 9.17) is 9.63 Å². The molecule has 8 nitrogen and oxygen atoms in total. The maximum atomic E-state index is 12.8. The number of amides is 1. The molecule has 0 unspecified atom stereocenters. The van der Waals surface area contributed by atoms with E-state index in [9.17, 15) is 4.79 Å². The Balaban J connectivity index is 0.00000145. The van der Waals surface area contributed by atoms with Gasteiger partial charge in [-0.15, -0.1) is 0 Å². The van der Waals surface area contributed by atoms with Gasteiger partial charge in [0.1, 0.15) is 18.1 Å². The molecule has 0 spiro atoms. The van der Waals surface area contributed by atoms with Crippen LogP contribution in [0, 0.1) is 6.92 Å². The van der Waals surface area contributed by atoms with Crippen LogP contribution in [0.4, 0.5) is 5.69 Å². The lowest BCUT2D eigenvalue weighted by atomic mass is 10.1. The lowest BCUT2D eigenvalue weighted by Crippen LogP contribution is -2.16. The summed E-state index contributed by atoms with van der Waals surface area (Å²) in [4.78, 5) is 21.0. The zero-order valence-corrected chi connectivity index (χ0v) is 17.0. The van der Waals surface area contributed by atoms with Crippen LogP contribution in [-0.2, 0) is 6.61 Å². The van der Waals surface area contributed by atoms with E-state index in [-0.39, 0.29) is 18.4 Å². The molecule has 0 bridgehead atoms. The van der Waals surface area contributed by atoms with Crippen molar-refractivity contribution < 1.29 is 14.4 Å². The van der Waals surface area contributed by atoms with Crippen molar-refractivity contribution in [2.24, 2.45) is 0 Å². The first-order valence-electron chi connectivity index (χ1n) is 9.25. The first-order valence-corrected chi connectivity index (χ1v) is 9.25. The number of aliphatic hydroxyl groups is 1. The number of hydrogen-bond donors (Lipinski definition) is 2. The first kappa shape index (κ1) is 21.8. The molecule has 1 aromatic carbocycles.